The van der Waals surface area contributed by atoms with Gasteiger partial charge >= 0.3 is 5.97 Å². The quantitative estimate of drug-likeness (QED) is 0.251. The first kappa shape index (κ1) is 28.3. The lowest BCUT2D eigenvalue weighted by Gasteiger charge is -2.22. The molecule has 0 radical (unpaired) electrons. The van der Waals surface area contributed by atoms with Crippen LogP contribution in [0.15, 0.2) is 83.8 Å². The number of hydrogen-bond donors (Lipinski definition) is 2. The molecule has 8 nitrogen and oxygen atoms in total. The van der Waals surface area contributed by atoms with Crippen molar-refractivity contribution in [2.75, 3.05) is 12.4 Å². The number of hydrogen-bond acceptors (Lipinski definition) is 5. The molecule has 1 heterocycles. The predicted octanol–water partition coefficient (Wildman–Crippen LogP) is 5.81. The van der Waals surface area contributed by atoms with Crippen molar-refractivity contribution in [3.05, 3.63) is 117 Å². The molecule has 1 aromatic heterocycles. The molecule has 9 heteroatoms. The first-order valence-electron chi connectivity index (χ1n) is 12.4. The van der Waals surface area contributed by atoms with Crippen LogP contribution in [0.2, 0.25) is 5.02 Å². The Bertz CT molecular complexity index is 1660. The average Bonchev–Trinajstić information content (AvgIpc) is 2.92. The van der Waals surface area contributed by atoms with E-state index < -0.39 is 23.5 Å². The minimum Gasteiger partial charge on any atom is -0.495 e. The summed E-state index contributed by atoms with van der Waals surface area (Å²) < 4.78 is 6.93. The van der Waals surface area contributed by atoms with E-state index in [1.165, 1.54) is 55.1 Å². The van der Waals surface area contributed by atoms with Crippen LogP contribution in [-0.4, -0.2) is 34.4 Å². The Morgan fingerprint density at radius 3 is 2.33 bits per heavy atom. The van der Waals surface area contributed by atoms with Crippen molar-refractivity contribution >= 4 is 34.9 Å². The van der Waals surface area contributed by atoms with E-state index in [0.717, 1.165) is 11.1 Å². The normalized spacial score (nSPS) is 11.5. The van der Waals surface area contributed by atoms with Crippen molar-refractivity contribution in [3.63, 3.8) is 0 Å². The number of pyridine rings is 1. The van der Waals surface area contributed by atoms with Crippen LogP contribution in [0.4, 0.5) is 5.69 Å². The Morgan fingerprint density at radius 2 is 1.70 bits per heavy atom. The summed E-state index contributed by atoms with van der Waals surface area (Å²) in [5, 5.41) is 12.3. The number of Topliss-reactive ketones (excluding diaryl/α,β-unsaturated/α-hetero) is 1. The number of rotatable bonds is 9. The Kier molecular flexibility index (Phi) is 8.50. The molecule has 4 aromatic rings. The first-order chi connectivity index (χ1) is 19.1. The Labute approximate surface area is 235 Å². The van der Waals surface area contributed by atoms with Crippen molar-refractivity contribution in [1.29, 1.82) is 0 Å². The molecule has 1 unspecified atom stereocenters. The fraction of sp³-hybridized carbons (Fsp3) is 0.161. The molecule has 2 N–H and O–H groups in total. The van der Waals surface area contributed by atoms with Crippen LogP contribution in [0, 0.1) is 6.92 Å². The van der Waals surface area contributed by atoms with Gasteiger partial charge in [-0.05, 0) is 73.0 Å². The number of aromatic carboxylic acids is 1. The van der Waals surface area contributed by atoms with Gasteiger partial charge < -0.3 is 15.2 Å². The standard InChI is InChI=1S/C31H27ClN2O6/c1-18-6-4-5-7-21(18)14-27(30(37)33-23-11-8-20(9-12-23)31(38)39)34-17-28(40-3)26(16-29(34)36)25-15-22(32)10-13-24(25)19(2)35/h4-13,15-17,27H,14H2,1-3H3,(H,33,37)(H,38,39). The summed E-state index contributed by atoms with van der Waals surface area (Å²) in [7, 11) is 1.44. The summed E-state index contributed by atoms with van der Waals surface area (Å²) in [5.41, 5.74) is 2.98. The molecule has 4 rings (SSSR count). The highest BCUT2D eigenvalue weighted by Gasteiger charge is 2.25. The van der Waals surface area contributed by atoms with Crippen molar-refractivity contribution in [3.8, 4) is 16.9 Å². The summed E-state index contributed by atoms with van der Waals surface area (Å²) in [6, 6.07) is 18.4. The summed E-state index contributed by atoms with van der Waals surface area (Å²) in [4.78, 5) is 50.8. The lowest BCUT2D eigenvalue weighted by atomic mass is 9.96. The Balaban J connectivity index is 1.81. The van der Waals surface area contributed by atoms with E-state index in [-0.39, 0.29) is 23.5 Å². The largest absolute Gasteiger partial charge is 0.495 e. The van der Waals surface area contributed by atoms with Gasteiger partial charge in [0.15, 0.2) is 5.78 Å². The molecular formula is C31H27ClN2O6. The zero-order chi connectivity index (χ0) is 29.0. The number of ketones is 1. The number of carbonyl (C=O) groups is 3. The molecule has 0 aliphatic rings. The molecule has 204 valence electrons. The number of halogens is 1. The van der Waals surface area contributed by atoms with E-state index in [9.17, 15) is 19.2 Å². The average molecular weight is 559 g/mol. The molecule has 1 atom stereocenters. The van der Waals surface area contributed by atoms with Crippen LogP contribution in [0.3, 0.4) is 0 Å². The Morgan fingerprint density at radius 1 is 1.00 bits per heavy atom. The second-order valence-corrected chi connectivity index (χ2v) is 9.70. The van der Waals surface area contributed by atoms with Gasteiger partial charge in [-0.3, -0.25) is 19.0 Å². The second kappa shape index (κ2) is 12.0. The van der Waals surface area contributed by atoms with Gasteiger partial charge in [0.1, 0.15) is 11.8 Å². The first-order valence-corrected chi connectivity index (χ1v) is 12.8. The van der Waals surface area contributed by atoms with Crippen molar-refractivity contribution in [2.45, 2.75) is 26.3 Å². The number of carbonyl (C=O) groups excluding carboxylic acids is 2. The summed E-state index contributed by atoms with van der Waals surface area (Å²) in [6.07, 6.45) is 1.66. The number of carboxylic acids is 1. The molecule has 1 amide bonds. The van der Waals surface area contributed by atoms with Crippen molar-refractivity contribution in [2.24, 2.45) is 0 Å². The molecule has 0 saturated carbocycles. The number of nitrogens with zero attached hydrogens (tertiary/aromatic N) is 1. The zero-order valence-electron chi connectivity index (χ0n) is 22.1. The molecule has 3 aromatic carbocycles. The lowest BCUT2D eigenvalue weighted by Crippen LogP contribution is -2.34. The van der Waals surface area contributed by atoms with Crippen LogP contribution < -0.4 is 15.6 Å². The minimum atomic E-state index is -1.08. The van der Waals surface area contributed by atoms with Crippen LogP contribution in [-0.2, 0) is 11.2 Å². The van der Waals surface area contributed by atoms with Gasteiger partial charge in [0, 0.05) is 34.3 Å². The van der Waals surface area contributed by atoms with E-state index in [0.29, 0.717) is 27.4 Å². The van der Waals surface area contributed by atoms with Gasteiger partial charge in [0.25, 0.3) is 5.56 Å². The number of amides is 1. The maximum Gasteiger partial charge on any atom is 0.335 e. The Hall–Kier alpha value is -4.69. The maximum atomic E-state index is 13.7. The van der Waals surface area contributed by atoms with Gasteiger partial charge in [-0.25, -0.2) is 4.79 Å². The van der Waals surface area contributed by atoms with Crippen LogP contribution >= 0.6 is 11.6 Å². The van der Waals surface area contributed by atoms with E-state index >= 15 is 0 Å². The van der Waals surface area contributed by atoms with Crippen molar-refractivity contribution < 1.29 is 24.2 Å². The van der Waals surface area contributed by atoms with Gasteiger partial charge in [0.05, 0.1) is 18.9 Å². The minimum absolute atomic E-state index is 0.0805. The topological polar surface area (TPSA) is 115 Å². The third-order valence-corrected chi connectivity index (χ3v) is 6.86. The van der Waals surface area contributed by atoms with Gasteiger partial charge in [-0.2, -0.15) is 0 Å². The number of ether oxygens (including phenoxy) is 1. The van der Waals surface area contributed by atoms with Crippen LogP contribution in [0.1, 0.15) is 44.8 Å². The summed E-state index contributed by atoms with van der Waals surface area (Å²) in [6.45, 7) is 3.34. The zero-order valence-corrected chi connectivity index (χ0v) is 22.9. The fourth-order valence-electron chi connectivity index (χ4n) is 4.48. The van der Waals surface area contributed by atoms with E-state index in [1.807, 2.05) is 31.2 Å². The maximum absolute atomic E-state index is 13.7. The number of carboxylic acid groups (broad SMARTS) is 1. The molecule has 0 saturated heterocycles. The molecular weight excluding hydrogens is 532 g/mol. The van der Waals surface area contributed by atoms with Crippen LogP contribution in [0.5, 0.6) is 5.75 Å². The highest BCUT2D eigenvalue weighted by atomic mass is 35.5. The lowest BCUT2D eigenvalue weighted by molar-refractivity contribution is -0.119. The smallest absolute Gasteiger partial charge is 0.335 e. The summed E-state index contributed by atoms with van der Waals surface area (Å²) in [5.74, 6) is -1.49. The van der Waals surface area contributed by atoms with E-state index in [4.69, 9.17) is 21.4 Å². The third kappa shape index (κ3) is 6.13. The molecule has 0 aliphatic heterocycles. The molecule has 40 heavy (non-hydrogen) atoms. The number of nitrogens with one attached hydrogen (secondary N) is 1. The van der Waals surface area contributed by atoms with Crippen molar-refractivity contribution in [1.82, 2.24) is 4.57 Å². The number of methoxy groups -OCH3 is 1. The fourth-order valence-corrected chi connectivity index (χ4v) is 4.65. The highest BCUT2D eigenvalue weighted by Crippen LogP contribution is 2.34. The number of benzene rings is 3. The number of aromatic nitrogens is 1. The monoisotopic (exact) mass is 558 g/mol. The molecule has 0 aliphatic carbocycles. The van der Waals surface area contributed by atoms with Gasteiger partial charge in [-0.15, -0.1) is 0 Å². The number of anilines is 1. The van der Waals surface area contributed by atoms with Gasteiger partial charge in [-0.1, -0.05) is 35.9 Å². The summed E-state index contributed by atoms with van der Waals surface area (Å²) >= 11 is 6.22. The molecule has 0 bridgehead atoms. The third-order valence-electron chi connectivity index (χ3n) is 6.63. The highest BCUT2D eigenvalue weighted by molar-refractivity contribution is 6.31. The van der Waals surface area contributed by atoms with Gasteiger partial charge in [0.2, 0.25) is 5.91 Å². The van der Waals surface area contributed by atoms with E-state index in [2.05, 4.69) is 5.32 Å². The van der Waals surface area contributed by atoms with E-state index in [1.54, 1.807) is 18.2 Å². The van der Waals surface area contributed by atoms with Crippen LogP contribution in [0.25, 0.3) is 11.1 Å². The molecule has 0 fully saturated rings. The molecule has 0 spiro atoms. The predicted molar refractivity (Wildman–Crippen MR) is 154 cm³/mol. The second-order valence-electron chi connectivity index (χ2n) is 9.27. The SMILES string of the molecule is COc1cn(C(Cc2ccccc2C)C(=O)Nc2ccc(C(=O)O)cc2)c(=O)cc1-c1cc(Cl)ccc1C(C)=O. The number of aryl methyl sites for hydroxylation is 1.